The van der Waals surface area contributed by atoms with E-state index in [-0.39, 0.29) is 72.8 Å². The van der Waals surface area contributed by atoms with E-state index in [9.17, 15) is 38.4 Å². The van der Waals surface area contributed by atoms with Crippen LogP contribution in [0.15, 0.2) is 24.3 Å². The number of carbonyl (C=O) groups excluding carboxylic acids is 8. The first-order valence-corrected chi connectivity index (χ1v) is 27.1. The van der Waals surface area contributed by atoms with Crippen molar-refractivity contribution in [1.82, 2.24) is 15.1 Å². The predicted octanol–water partition coefficient (Wildman–Crippen LogP) is 3.49. The van der Waals surface area contributed by atoms with Gasteiger partial charge in [-0.05, 0) is 81.7 Å². The van der Waals surface area contributed by atoms with E-state index in [0.29, 0.717) is 118 Å². The number of nitrogens with one attached hydrogen (secondary N) is 1. The number of imide groups is 2. The Morgan fingerprint density at radius 2 is 0.803 bits per heavy atom. The van der Waals surface area contributed by atoms with Crippen LogP contribution in [0.1, 0.15) is 58.3 Å². The average molecular weight is 1130 g/mol. The van der Waals surface area contributed by atoms with Crippen LogP contribution in [0, 0.1) is 0 Å². The summed E-state index contributed by atoms with van der Waals surface area (Å²) in [6.07, 6.45) is 11.9. The summed E-state index contributed by atoms with van der Waals surface area (Å²) in [4.78, 5) is 92.6. The van der Waals surface area contributed by atoms with Crippen LogP contribution in [-0.4, -0.2) is 176 Å². The van der Waals surface area contributed by atoms with Crippen LogP contribution in [0.3, 0.4) is 0 Å². The molecule has 2 rings (SSSR count). The third-order valence-electron chi connectivity index (χ3n) is 7.36. The molecule has 2 aliphatic heterocycles. The zero-order chi connectivity index (χ0) is 46.5. The van der Waals surface area contributed by atoms with Gasteiger partial charge in [-0.1, -0.05) is 17.9 Å². The number of ketones is 3. The maximum Gasteiger partial charge on any atom is 0.253 e. The van der Waals surface area contributed by atoms with Gasteiger partial charge in [0.1, 0.15) is 17.3 Å². The molecule has 0 saturated heterocycles. The normalized spacial score (nSPS) is 12.5. The van der Waals surface area contributed by atoms with Gasteiger partial charge in [0.25, 0.3) is 23.6 Å². The molecule has 2 aliphatic rings. The molecule has 0 saturated carbocycles. The molecule has 0 aromatic heterocycles. The molecule has 0 aromatic carbocycles. The number of hydrogen-bond donors (Lipinski definition) is 2. The standard InChI is InChI=1S/C18H28N2O7.C18H27NO7.2CH3IS.CH5N/c1-19-16(22)7-10-26-12-14-27-13-11-25-9-2-3-15(21)6-8-20-17(23)4-5-18(20)24;1-15(20)7-10-25-12-14-26-13-11-24-9-2-3-16(21)6-8-19-17(22)4-5-18(19)23;2*1-3-2;1-2/h4-5H,2-3,6-14H2,1H3,(H,19,22);4-5H,2-3,6-14H2,1H3;2*1H3;2H2,1H3. The van der Waals surface area contributed by atoms with Crippen molar-refractivity contribution in [3.05, 3.63) is 24.3 Å². The van der Waals surface area contributed by atoms with Crippen molar-refractivity contribution in [3.63, 3.8) is 0 Å². The van der Waals surface area contributed by atoms with Gasteiger partial charge >= 0.3 is 0 Å². The highest BCUT2D eigenvalue weighted by Crippen LogP contribution is 2.07. The summed E-state index contributed by atoms with van der Waals surface area (Å²) in [6.45, 7) is 6.93. The fourth-order valence-corrected chi connectivity index (χ4v) is 4.36. The van der Waals surface area contributed by atoms with Gasteiger partial charge in [-0.3, -0.25) is 48.2 Å². The molecule has 0 aliphatic carbocycles. The summed E-state index contributed by atoms with van der Waals surface area (Å²) in [5.74, 6) is -1.42. The predicted molar refractivity (Wildman–Crippen MR) is 254 cm³/mol. The highest BCUT2D eigenvalue weighted by molar-refractivity contribution is 14.2. The highest BCUT2D eigenvalue weighted by Gasteiger charge is 2.24. The van der Waals surface area contributed by atoms with Gasteiger partial charge in [-0.25, -0.2) is 0 Å². The van der Waals surface area contributed by atoms with Crippen LogP contribution in [0.4, 0.5) is 0 Å². The van der Waals surface area contributed by atoms with Crippen LogP contribution >= 0.6 is 60.3 Å². The summed E-state index contributed by atoms with van der Waals surface area (Å²) >= 11 is 4.41. The minimum absolute atomic E-state index is 0.0000552. The van der Waals surface area contributed by atoms with E-state index in [0.717, 1.165) is 9.80 Å². The molecule has 61 heavy (non-hydrogen) atoms. The maximum atomic E-state index is 11.7. The molecular weight excluding hydrogens is 1070 g/mol. The number of carbonyl (C=O) groups is 8. The van der Waals surface area contributed by atoms with Crippen molar-refractivity contribution >= 4 is 107 Å². The van der Waals surface area contributed by atoms with E-state index in [2.05, 4.69) is 53.5 Å². The van der Waals surface area contributed by atoms with E-state index < -0.39 is 0 Å². The maximum absolute atomic E-state index is 11.7. The highest BCUT2D eigenvalue weighted by atomic mass is 127. The number of nitrogens with zero attached hydrogens (tertiary/aromatic N) is 2. The molecule has 0 atom stereocenters. The first kappa shape index (κ1) is 63.4. The van der Waals surface area contributed by atoms with Crippen LogP contribution in [-0.2, 0) is 66.8 Å². The zero-order valence-electron chi connectivity index (χ0n) is 36.1. The molecule has 0 bridgehead atoms. The lowest BCUT2D eigenvalue weighted by molar-refractivity contribution is -0.139. The van der Waals surface area contributed by atoms with Gasteiger partial charge in [-0.2, -0.15) is 0 Å². The smallest absolute Gasteiger partial charge is 0.253 e. The number of amides is 5. The Balaban J connectivity index is -0.000000941. The molecule has 3 N–H and O–H groups in total. The van der Waals surface area contributed by atoms with E-state index in [1.165, 1.54) is 38.3 Å². The van der Waals surface area contributed by atoms with Crippen LogP contribution in [0.2, 0.25) is 0 Å². The zero-order valence-corrected chi connectivity index (χ0v) is 42.1. The first-order valence-electron chi connectivity index (χ1n) is 19.5. The van der Waals surface area contributed by atoms with Crippen molar-refractivity contribution in [2.24, 2.45) is 5.73 Å². The number of halogens is 2. The molecule has 0 spiro atoms. The molecule has 352 valence electrons. The second-order valence-electron chi connectivity index (χ2n) is 12.0. The molecular formula is C39H66I2N4O14S2. The Bertz CT molecular complexity index is 1260. The number of rotatable bonds is 32. The van der Waals surface area contributed by atoms with Crippen LogP contribution < -0.4 is 11.1 Å². The Kier molecular flexibility index (Phi) is 49.5. The topological polar surface area (TPSA) is 236 Å². The van der Waals surface area contributed by atoms with Crippen molar-refractivity contribution < 1.29 is 66.8 Å². The lowest BCUT2D eigenvalue weighted by Gasteiger charge is -2.12. The van der Waals surface area contributed by atoms with Gasteiger partial charge < -0.3 is 39.5 Å². The molecule has 0 fully saturated rings. The largest absolute Gasteiger partial charge is 0.379 e. The van der Waals surface area contributed by atoms with Crippen LogP contribution in [0.5, 0.6) is 0 Å². The quantitative estimate of drug-likeness (QED) is 0.0557. The van der Waals surface area contributed by atoms with Gasteiger partial charge in [0.15, 0.2) is 0 Å². The van der Waals surface area contributed by atoms with E-state index >= 15 is 0 Å². The van der Waals surface area contributed by atoms with Gasteiger partial charge in [0.2, 0.25) is 5.91 Å². The minimum atomic E-state index is -0.368. The lowest BCUT2D eigenvalue weighted by Crippen LogP contribution is -2.32. The molecule has 0 radical (unpaired) electrons. The Labute approximate surface area is 393 Å². The number of Topliss-reactive ketones (excluding diaryl/α,β-unsaturated/α-hetero) is 3. The van der Waals surface area contributed by atoms with Crippen molar-refractivity contribution in [2.45, 2.75) is 58.3 Å². The lowest BCUT2D eigenvalue weighted by atomic mass is 10.1. The first-order chi connectivity index (χ1) is 29.4. The second-order valence-corrected chi connectivity index (χ2v) is 17.9. The summed E-state index contributed by atoms with van der Waals surface area (Å²) < 4.78 is 31.8. The average Bonchev–Trinajstić information content (AvgIpc) is 3.74. The number of nitrogens with two attached hydrogens (primary N) is 1. The second kappa shape index (κ2) is 47.6. The third-order valence-corrected chi connectivity index (χ3v) is 7.36. The van der Waals surface area contributed by atoms with Crippen molar-refractivity contribution in [1.29, 1.82) is 0 Å². The summed E-state index contributed by atoms with van der Waals surface area (Å²) in [5, 5.41) is 2.51. The Hall–Kier alpha value is -1.88. The molecule has 0 unspecified atom stereocenters. The van der Waals surface area contributed by atoms with Gasteiger partial charge in [-0.15, -0.1) is 0 Å². The third kappa shape index (κ3) is 41.9. The SMILES string of the molecule is CC(=O)CCOCCOCCOCCCC(=O)CCN1C(=O)C=CC1=O.CN.CNC(=O)CCOCCOCCOCCCC(=O)CCN1C(=O)C=CC1=O.CSI.CSI. The summed E-state index contributed by atoms with van der Waals surface area (Å²) in [7, 11) is 6.52. The molecule has 18 nitrogen and oxygen atoms in total. The fraction of sp³-hybridized carbons (Fsp3) is 0.692. The molecule has 22 heteroatoms. The number of hydrogen-bond acceptors (Lipinski definition) is 17. The van der Waals surface area contributed by atoms with Crippen molar-refractivity contribution in [2.75, 3.05) is 119 Å². The summed E-state index contributed by atoms with van der Waals surface area (Å²) in [5.41, 5.74) is 4.50. The molecule has 2 heterocycles. The van der Waals surface area contributed by atoms with Crippen molar-refractivity contribution in [3.8, 4) is 0 Å². The number of ether oxygens (including phenoxy) is 6. The molecule has 5 amide bonds. The Morgan fingerprint density at radius 3 is 1.10 bits per heavy atom. The Morgan fingerprint density at radius 1 is 0.525 bits per heavy atom. The minimum Gasteiger partial charge on any atom is -0.379 e. The van der Waals surface area contributed by atoms with E-state index in [4.69, 9.17) is 28.4 Å². The fourth-order valence-electron chi connectivity index (χ4n) is 4.36. The summed E-state index contributed by atoms with van der Waals surface area (Å²) in [6, 6.07) is 0. The van der Waals surface area contributed by atoms with Gasteiger partial charge in [0, 0.05) is 96.2 Å². The molecule has 0 aromatic rings. The van der Waals surface area contributed by atoms with Crippen LogP contribution in [0.25, 0.3) is 0 Å². The van der Waals surface area contributed by atoms with E-state index in [1.807, 2.05) is 12.5 Å². The monoisotopic (exact) mass is 1130 g/mol. The van der Waals surface area contributed by atoms with Gasteiger partial charge in [0.05, 0.1) is 66.1 Å². The van der Waals surface area contributed by atoms with E-state index in [1.54, 1.807) is 24.9 Å².